The Morgan fingerprint density at radius 1 is 1.53 bits per heavy atom. The van der Waals surface area contributed by atoms with Crippen LogP contribution in [0.4, 0.5) is 4.79 Å². The van der Waals surface area contributed by atoms with Gasteiger partial charge in [-0.1, -0.05) is 0 Å². The average molecular weight is 265 g/mol. The van der Waals surface area contributed by atoms with E-state index in [9.17, 15) is 4.79 Å². The molecule has 0 bridgehead atoms. The third-order valence-electron chi connectivity index (χ3n) is 3.52. The van der Waals surface area contributed by atoms with E-state index >= 15 is 0 Å². The normalized spacial score (nSPS) is 19.1. The van der Waals surface area contributed by atoms with Gasteiger partial charge >= 0.3 is 6.03 Å². The van der Waals surface area contributed by atoms with Gasteiger partial charge in [-0.25, -0.2) is 4.79 Å². The minimum atomic E-state index is -0.0754. The molecule has 2 N–H and O–H groups in total. The summed E-state index contributed by atoms with van der Waals surface area (Å²) in [7, 11) is 2.11. The maximum atomic E-state index is 11.9. The van der Waals surface area contributed by atoms with Gasteiger partial charge in [0.1, 0.15) is 5.76 Å². The number of carbonyl (C=O) groups excluding carboxylic acids is 1. The highest BCUT2D eigenvalue weighted by molar-refractivity contribution is 5.74. The molecule has 19 heavy (non-hydrogen) atoms. The van der Waals surface area contributed by atoms with Gasteiger partial charge in [-0.2, -0.15) is 0 Å². The first-order chi connectivity index (χ1) is 9.13. The molecule has 1 saturated heterocycles. The number of nitrogens with zero attached hydrogens (tertiary/aromatic N) is 1. The van der Waals surface area contributed by atoms with Gasteiger partial charge in [-0.3, -0.25) is 0 Å². The van der Waals surface area contributed by atoms with E-state index in [1.807, 2.05) is 19.1 Å². The summed E-state index contributed by atoms with van der Waals surface area (Å²) in [5, 5.41) is 6.00. The van der Waals surface area contributed by atoms with Crippen LogP contribution in [0.25, 0.3) is 0 Å². The number of hydrogen-bond donors (Lipinski definition) is 2. The molecule has 2 rings (SSSR count). The van der Waals surface area contributed by atoms with Crippen LogP contribution in [-0.4, -0.2) is 43.2 Å². The summed E-state index contributed by atoms with van der Waals surface area (Å²) < 4.78 is 5.27. The maximum absolute atomic E-state index is 11.9. The van der Waals surface area contributed by atoms with Gasteiger partial charge in [-0.05, 0) is 52.0 Å². The van der Waals surface area contributed by atoms with Crippen LogP contribution in [0.15, 0.2) is 22.8 Å². The number of likely N-dealkylation sites (tertiary alicyclic amines) is 1. The summed E-state index contributed by atoms with van der Waals surface area (Å²) in [5.41, 5.74) is 0. The summed E-state index contributed by atoms with van der Waals surface area (Å²) in [6.07, 6.45) is 4.42. The fourth-order valence-electron chi connectivity index (χ4n) is 2.39. The van der Waals surface area contributed by atoms with E-state index in [0.717, 1.165) is 31.7 Å². The molecule has 1 aromatic heterocycles. The van der Waals surface area contributed by atoms with Crippen LogP contribution in [0, 0.1) is 0 Å². The van der Waals surface area contributed by atoms with Crippen molar-refractivity contribution in [2.45, 2.75) is 38.3 Å². The molecule has 2 amide bonds. The molecule has 1 unspecified atom stereocenters. The number of rotatable bonds is 4. The topological polar surface area (TPSA) is 57.5 Å². The lowest BCUT2D eigenvalue weighted by atomic mass is 10.1. The van der Waals surface area contributed by atoms with Gasteiger partial charge in [-0.15, -0.1) is 0 Å². The molecule has 0 aromatic carbocycles. The molecule has 0 radical (unpaired) electrons. The summed E-state index contributed by atoms with van der Waals surface area (Å²) in [6.45, 7) is 4.08. The van der Waals surface area contributed by atoms with Crippen LogP contribution in [0.3, 0.4) is 0 Å². The molecule has 2 heterocycles. The zero-order valence-corrected chi connectivity index (χ0v) is 11.7. The van der Waals surface area contributed by atoms with E-state index in [1.165, 1.54) is 0 Å². The monoisotopic (exact) mass is 265 g/mol. The maximum Gasteiger partial charge on any atom is 0.315 e. The Labute approximate surface area is 114 Å². The molecule has 106 valence electrons. The molecular weight excluding hydrogens is 242 g/mol. The predicted molar refractivity (Wildman–Crippen MR) is 74.1 cm³/mol. The van der Waals surface area contributed by atoms with Gasteiger partial charge in [0.2, 0.25) is 0 Å². The highest BCUT2D eigenvalue weighted by Crippen LogP contribution is 2.08. The Morgan fingerprint density at radius 3 is 2.89 bits per heavy atom. The van der Waals surface area contributed by atoms with Crippen LogP contribution in [0.5, 0.6) is 0 Å². The van der Waals surface area contributed by atoms with Gasteiger partial charge in [0.05, 0.1) is 6.26 Å². The molecule has 1 atom stereocenters. The summed E-state index contributed by atoms with van der Waals surface area (Å²) in [4.78, 5) is 14.2. The number of furan rings is 1. The van der Waals surface area contributed by atoms with Crippen molar-refractivity contribution in [1.29, 1.82) is 0 Å². The molecule has 5 nitrogen and oxygen atoms in total. The smallest absolute Gasteiger partial charge is 0.315 e. The quantitative estimate of drug-likeness (QED) is 0.869. The van der Waals surface area contributed by atoms with E-state index in [1.54, 1.807) is 6.26 Å². The second kappa shape index (κ2) is 6.61. The molecule has 1 aromatic rings. The molecule has 0 aliphatic carbocycles. The van der Waals surface area contributed by atoms with Crippen molar-refractivity contribution < 1.29 is 9.21 Å². The lowest BCUT2D eigenvalue weighted by Crippen LogP contribution is -2.49. The highest BCUT2D eigenvalue weighted by atomic mass is 16.3. The Balaban J connectivity index is 1.69. The van der Waals surface area contributed by atoms with Crippen LogP contribution in [-0.2, 0) is 6.42 Å². The first-order valence-electron chi connectivity index (χ1n) is 6.91. The minimum absolute atomic E-state index is 0.0671. The van der Waals surface area contributed by atoms with Crippen LogP contribution in [0.1, 0.15) is 25.5 Å². The Hall–Kier alpha value is -1.49. The highest BCUT2D eigenvalue weighted by Gasteiger charge is 2.19. The van der Waals surface area contributed by atoms with Gasteiger partial charge in [0.25, 0.3) is 0 Å². The molecule has 1 fully saturated rings. The molecule has 0 saturated carbocycles. The number of nitrogens with one attached hydrogen (secondary N) is 2. The lowest BCUT2D eigenvalue weighted by molar-refractivity contribution is 0.211. The van der Waals surface area contributed by atoms with Crippen molar-refractivity contribution in [2.24, 2.45) is 0 Å². The van der Waals surface area contributed by atoms with Gasteiger partial charge in [0.15, 0.2) is 0 Å². The minimum Gasteiger partial charge on any atom is -0.469 e. The van der Waals surface area contributed by atoms with Crippen molar-refractivity contribution in [2.75, 3.05) is 20.1 Å². The molecule has 5 heteroatoms. The van der Waals surface area contributed by atoms with E-state index in [0.29, 0.717) is 12.5 Å². The van der Waals surface area contributed by atoms with Crippen molar-refractivity contribution in [1.82, 2.24) is 15.5 Å². The third-order valence-corrected chi connectivity index (χ3v) is 3.52. The van der Waals surface area contributed by atoms with Crippen LogP contribution >= 0.6 is 0 Å². The van der Waals surface area contributed by atoms with E-state index in [4.69, 9.17) is 4.42 Å². The van der Waals surface area contributed by atoms with Crippen molar-refractivity contribution in [3.63, 3.8) is 0 Å². The van der Waals surface area contributed by atoms with E-state index in [2.05, 4.69) is 22.6 Å². The number of hydrogen-bond acceptors (Lipinski definition) is 3. The second-order valence-corrected chi connectivity index (χ2v) is 5.38. The lowest BCUT2D eigenvalue weighted by Gasteiger charge is -2.29. The SMILES string of the molecule is CC(Cc1ccco1)NC(=O)NC1CCN(C)CC1. The number of piperidine rings is 1. The predicted octanol–water partition coefficient (Wildman–Crippen LogP) is 1.60. The van der Waals surface area contributed by atoms with Crippen molar-refractivity contribution in [3.8, 4) is 0 Å². The fourth-order valence-corrected chi connectivity index (χ4v) is 2.39. The summed E-state index contributed by atoms with van der Waals surface area (Å²) >= 11 is 0. The standard InChI is InChI=1S/C14H23N3O2/c1-11(10-13-4-3-9-19-13)15-14(18)16-12-5-7-17(2)8-6-12/h3-4,9,11-12H,5-8,10H2,1-2H3,(H2,15,16,18). The Morgan fingerprint density at radius 2 is 2.26 bits per heavy atom. The molecular formula is C14H23N3O2. The Kier molecular flexibility index (Phi) is 4.85. The van der Waals surface area contributed by atoms with Crippen molar-refractivity contribution >= 4 is 6.03 Å². The fraction of sp³-hybridized carbons (Fsp3) is 0.643. The Bertz CT molecular complexity index is 383. The molecule has 1 aliphatic rings. The number of carbonyl (C=O) groups is 1. The zero-order chi connectivity index (χ0) is 13.7. The molecule has 1 aliphatic heterocycles. The van der Waals surface area contributed by atoms with E-state index in [-0.39, 0.29) is 12.1 Å². The zero-order valence-electron chi connectivity index (χ0n) is 11.7. The number of urea groups is 1. The van der Waals surface area contributed by atoms with E-state index < -0.39 is 0 Å². The first kappa shape index (κ1) is 13.9. The average Bonchev–Trinajstić information content (AvgIpc) is 2.84. The summed E-state index contributed by atoms with van der Waals surface area (Å²) in [6, 6.07) is 4.08. The third kappa shape index (κ3) is 4.59. The number of amides is 2. The summed E-state index contributed by atoms with van der Waals surface area (Å²) in [5.74, 6) is 0.895. The van der Waals surface area contributed by atoms with Crippen LogP contribution in [0.2, 0.25) is 0 Å². The van der Waals surface area contributed by atoms with Crippen LogP contribution < -0.4 is 10.6 Å². The second-order valence-electron chi connectivity index (χ2n) is 5.38. The molecule has 0 spiro atoms. The van der Waals surface area contributed by atoms with Gasteiger partial charge < -0.3 is 20.0 Å². The largest absolute Gasteiger partial charge is 0.469 e. The van der Waals surface area contributed by atoms with Gasteiger partial charge in [0, 0.05) is 18.5 Å². The first-order valence-corrected chi connectivity index (χ1v) is 6.91. The van der Waals surface area contributed by atoms with Crippen molar-refractivity contribution in [3.05, 3.63) is 24.2 Å².